The van der Waals surface area contributed by atoms with Crippen molar-refractivity contribution in [1.82, 2.24) is 5.32 Å². The van der Waals surface area contributed by atoms with Crippen LogP contribution in [0.3, 0.4) is 0 Å². The molecule has 3 atom stereocenters. The van der Waals surface area contributed by atoms with Gasteiger partial charge in [0.2, 0.25) is 5.91 Å². The number of nitrogens with one attached hydrogen (secondary N) is 1. The molecule has 6 nitrogen and oxygen atoms in total. The minimum Gasteiger partial charge on any atom is -0.462 e. The summed E-state index contributed by atoms with van der Waals surface area (Å²) < 4.78 is 5.88. The number of rotatable bonds is 39. The Kier molecular flexibility index (Phi) is 39.8. The van der Waals surface area contributed by atoms with E-state index in [1.165, 1.54) is 83.5 Å². The molecule has 6 heteroatoms. The summed E-state index contributed by atoms with van der Waals surface area (Å²) in [5.74, 6) is -0.533. The molecule has 0 bridgehead atoms. The largest absolute Gasteiger partial charge is 0.462 e. The van der Waals surface area contributed by atoms with E-state index in [-0.39, 0.29) is 24.9 Å². The van der Waals surface area contributed by atoms with Crippen molar-refractivity contribution in [3.05, 3.63) is 60.8 Å². The fourth-order valence-corrected chi connectivity index (χ4v) is 6.49. The molecular formula is C48H85NO5. The van der Waals surface area contributed by atoms with Gasteiger partial charge in [-0.25, -0.2) is 0 Å². The SMILES string of the molecule is CC/C=C/C=C/C=C\C=C/CCCCCC(=O)OC(CCCCCCC/C=C\CCCCCC)CC(=O)NC(CO)C(O)CCCCCCCCCCC. The number of hydrogen-bond donors (Lipinski definition) is 3. The molecule has 0 rings (SSSR count). The van der Waals surface area contributed by atoms with Crippen molar-refractivity contribution in [2.24, 2.45) is 0 Å². The number of hydrogen-bond acceptors (Lipinski definition) is 5. The molecule has 0 aromatic rings. The van der Waals surface area contributed by atoms with Gasteiger partial charge in [0.05, 0.1) is 25.2 Å². The quantitative estimate of drug-likeness (QED) is 0.0251. The molecule has 0 aliphatic heterocycles. The molecule has 0 heterocycles. The van der Waals surface area contributed by atoms with E-state index < -0.39 is 18.2 Å². The topological polar surface area (TPSA) is 95.9 Å². The maximum Gasteiger partial charge on any atom is 0.306 e. The van der Waals surface area contributed by atoms with Crippen LogP contribution >= 0.6 is 0 Å². The molecule has 54 heavy (non-hydrogen) atoms. The fraction of sp³-hybridized carbons (Fsp3) is 0.750. The Hall–Kier alpha value is -2.44. The summed E-state index contributed by atoms with van der Waals surface area (Å²) in [6.07, 6.45) is 49.9. The molecule has 3 N–H and O–H groups in total. The monoisotopic (exact) mass is 756 g/mol. The Labute approximate surface area is 333 Å². The predicted molar refractivity (Wildman–Crippen MR) is 232 cm³/mol. The zero-order valence-electron chi connectivity index (χ0n) is 35.3. The molecule has 312 valence electrons. The number of ether oxygens (including phenoxy) is 1. The van der Waals surface area contributed by atoms with Crippen LogP contribution in [-0.4, -0.2) is 46.9 Å². The lowest BCUT2D eigenvalue weighted by atomic mass is 10.0. The molecule has 1 amide bonds. The second-order valence-electron chi connectivity index (χ2n) is 15.2. The molecule has 0 radical (unpaired) electrons. The predicted octanol–water partition coefficient (Wildman–Crippen LogP) is 12.9. The van der Waals surface area contributed by atoms with E-state index in [1.54, 1.807) is 0 Å². The van der Waals surface area contributed by atoms with Crippen LogP contribution in [0.5, 0.6) is 0 Å². The molecule has 0 aliphatic carbocycles. The first kappa shape index (κ1) is 51.6. The molecule has 0 aromatic heterocycles. The van der Waals surface area contributed by atoms with Crippen molar-refractivity contribution in [3.8, 4) is 0 Å². The number of amides is 1. The summed E-state index contributed by atoms with van der Waals surface area (Å²) in [4.78, 5) is 25.9. The first-order valence-corrected chi connectivity index (χ1v) is 22.6. The van der Waals surface area contributed by atoms with Gasteiger partial charge in [0.25, 0.3) is 0 Å². The van der Waals surface area contributed by atoms with Crippen molar-refractivity contribution >= 4 is 11.9 Å². The minimum absolute atomic E-state index is 0.0540. The Bertz CT molecular complexity index is 984. The fourth-order valence-electron chi connectivity index (χ4n) is 6.49. The summed E-state index contributed by atoms with van der Waals surface area (Å²) in [7, 11) is 0. The van der Waals surface area contributed by atoms with E-state index in [4.69, 9.17) is 4.74 Å². The zero-order chi connectivity index (χ0) is 39.6. The van der Waals surface area contributed by atoms with Crippen LogP contribution in [0.25, 0.3) is 0 Å². The van der Waals surface area contributed by atoms with Crippen LogP contribution < -0.4 is 5.32 Å². The molecule has 0 saturated carbocycles. The number of esters is 1. The summed E-state index contributed by atoms with van der Waals surface area (Å²) >= 11 is 0. The van der Waals surface area contributed by atoms with Gasteiger partial charge in [-0.2, -0.15) is 0 Å². The molecule has 3 unspecified atom stereocenters. The summed E-state index contributed by atoms with van der Waals surface area (Å²) in [5, 5.41) is 23.6. The number of carbonyl (C=O) groups excluding carboxylic acids is 2. The first-order valence-electron chi connectivity index (χ1n) is 22.6. The van der Waals surface area contributed by atoms with Gasteiger partial charge in [-0.15, -0.1) is 0 Å². The highest BCUT2D eigenvalue weighted by Crippen LogP contribution is 2.17. The molecular weight excluding hydrogens is 671 g/mol. The van der Waals surface area contributed by atoms with Crippen LogP contribution in [-0.2, 0) is 14.3 Å². The van der Waals surface area contributed by atoms with E-state index in [9.17, 15) is 19.8 Å². The summed E-state index contributed by atoms with van der Waals surface area (Å²) in [6.45, 7) is 6.28. The average molecular weight is 756 g/mol. The standard InChI is InChI=1S/C48H85NO5/c1-4-7-10-13-16-19-21-23-25-28-30-33-36-39-44(54-48(53)41-38-35-32-29-26-24-22-20-17-14-11-8-5-2)42-47(52)49-45(43-50)46(51)40-37-34-31-27-18-15-12-9-6-3/h8,11,14,17,19-22,24,26,44-46,50-51H,4-7,9-10,12-13,15-16,18,23,25,27-43H2,1-3H3,(H,49,52)/b11-8+,17-14+,21-19-,22-20-,26-24-. The Balaban J connectivity index is 4.70. The van der Waals surface area contributed by atoms with Crippen molar-refractivity contribution in [3.63, 3.8) is 0 Å². The van der Waals surface area contributed by atoms with Gasteiger partial charge in [-0.05, 0) is 70.6 Å². The highest BCUT2D eigenvalue weighted by atomic mass is 16.5. The average Bonchev–Trinajstić information content (AvgIpc) is 3.16. The highest BCUT2D eigenvalue weighted by Gasteiger charge is 2.24. The van der Waals surface area contributed by atoms with Crippen molar-refractivity contribution in [2.75, 3.05) is 6.61 Å². The number of unbranched alkanes of at least 4 members (excludes halogenated alkanes) is 20. The van der Waals surface area contributed by atoms with E-state index in [0.29, 0.717) is 19.3 Å². The lowest BCUT2D eigenvalue weighted by Gasteiger charge is -2.24. The molecule has 0 aromatic carbocycles. The third-order valence-corrected chi connectivity index (χ3v) is 9.93. The van der Waals surface area contributed by atoms with Crippen LogP contribution in [0, 0.1) is 0 Å². The van der Waals surface area contributed by atoms with Crippen molar-refractivity contribution < 1.29 is 24.5 Å². The Morgan fingerprint density at radius 1 is 0.556 bits per heavy atom. The van der Waals surface area contributed by atoms with Gasteiger partial charge in [0, 0.05) is 6.42 Å². The van der Waals surface area contributed by atoms with Gasteiger partial charge in [0.15, 0.2) is 0 Å². The van der Waals surface area contributed by atoms with Crippen LogP contribution in [0.4, 0.5) is 0 Å². The second kappa shape index (κ2) is 41.7. The van der Waals surface area contributed by atoms with Gasteiger partial charge in [0.1, 0.15) is 6.10 Å². The van der Waals surface area contributed by atoms with Crippen LogP contribution in [0.15, 0.2) is 60.8 Å². The zero-order valence-corrected chi connectivity index (χ0v) is 35.3. The third-order valence-electron chi connectivity index (χ3n) is 9.93. The Morgan fingerprint density at radius 2 is 1.02 bits per heavy atom. The maximum atomic E-state index is 13.1. The van der Waals surface area contributed by atoms with Gasteiger partial charge >= 0.3 is 5.97 Å². The van der Waals surface area contributed by atoms with Crippen molar-refractivity contribution in [2.45, 2.75) is 225 Å². The Morgan fingerprint density at radius 3 is 1.59 bits per heavy atom. The first-order chi connectivity index (χ1) is 26.5. The molecule has 0 saturated heterocycles. The lowest BCUT2D eigenvalue weighted by molar-refractivity contribution is -0.151. The summed E-state index contributed by atoms with van der Waals surface area (Å²) in [6, 6.07) is -0.711. The van der Waals surface area contributed by atoms with E-state index >= 15 is 0 Å². The number of allylic oxidation sites excluding steroid dienone is 10. The maximum absolute atomic E-state index is 13.1. The molecule has 0 spiro atoms. The molecule has 0 fully saturated rings. The highest BCUT2D eigenvalue weighted by molar-refractivity contribution is 5.77. The number of aliphatic hydroxyl groups is 2. The minimum atomic E-state index is -0.795. The summed E-state index contributed by atoms with van der Waals surface area (Å²) in [5.41, 5.74) is 0. The van der Waals surface area contributed by atoms with E-state index in [0.717, 1.165) is 77.0 Å². The number of aliphatic hydroxyl groups excluding tert-OH is 2. The van der Waals surface area contributed by atoms with E-state index in [1.807, 2.05) is 30.4 Å². The van der Waals surface area contributed by atoms with E-state index in [2.05, 4.69) is 56.5 Å². The third kappa shape index (κ3) is 36.5. The normalized spacial score (nSPS) is 13.9. The lowest BCUT2D eigenvalue weighted by Crippen LogP contribution is -2.46. The second-order valence-corrected chi connectivity index (χ2v) is 15.2. The smallest absolute Gasteiger partial charge is 0.306 e. The van der Waals surface area contributed by atoms with Gasteiger partial charge < -0.3 is 20.3 Å². The van der Waals surface area contributed by atoms with Crippen LogP contribution in [0.2, 0.25) is 0 Å². The number of carbonyl (C=O) groups is 2. The van der Waals surface area contributed by atoms with Gasteiger partial charge in [-0.1, -0.05) is 184 Å². The van der Waals surface area contributed by atoms with Crippen LogP contribution in [0.1, 0.15) is 207 Å². The molecule has 0 aliphatic rings. The van der Waals surface area contributed by atoms with Crippen molar-refractivity contribution in [1.29, 1.82) is 0 Å². The van der Waals surface area contributed by atoms with Gasteiger partial charge in [-0.3, -0.25) is 9.59 Å².